The summed E-state index contributed by atoms with van der Waals surface area (Å²) in [5.74, 6) is -0.521. The number of halogens is 2. The highest BCUT2D eigenvalue weighted by molar-refractivity contribution is 6.33. The molecule has 0 unspecified atom stereocenters. The molecule has 0 aromatic heterocycles. The molecule has 0 spiro atoms. The predicted octanol–water partition coefficient (Wildman–Crippen LogP) is 4.98. The van der Waals surface area contributed by atoms with Crippen LogP contribution in [0.2, 0.25) is 10.0 Å². The van der Waals surface area contributed by atoms with Crippen LogP contribution >= 0.6 is 23.2 Å². The third-order valence-corrected chi connectivity index (χ3v) is 4.25. The lowest BCUT2D eigenvalue weighted by molar-refractivity contribution is 0.0734. The molecule has 0 bridgehead atoms. The molecule has 0 aliphatic carbocycles. The summed E-state index contributed by atoms with van der Waals surface area (Å²) in [4.78, 5) is 24.1. The predicted molar refractivity (Wildman–Crippen MR) is 109 cm³/mol. The molecule has 0 saturated carbocycles. The molecule has 5 nitrogen and oxygen atoms in total. The van der Waals surface area contributed by atoms with Crippen LogP contribution in [-0.2, 0) is 0 Å². The van der Waals surface area contributed by atoms with Gasteiger partial charge in [-0.15, -0.1) is 0 Å². The summed E-state index contributed by atoms with van der Waals surface area (Å²) in [5, 5.41) is 4.79. The Labute approximate surface area is 171 Å². The van der Waals surface area contributed by atoms with Crippen LogP contribution in [0.15, 0.2) is 77.9 Å². The molecule has 1 N–H and O–H groups in total. The molecule has 0 atom stereocenters. The number of hydrogen-bond donors (Lipinski definition) is 1. The molecule has 3 rings (SSSR count). The number of esters is 1. The minimum Gasteiger partial charge on any atom is -0.423 e. The summed E-state index contributed by atoms with van der Waals surface area (Å²) < 4.78 is 5.30. The Bertz CT molecular complexity index is 1020. The fraction of sp³-hybridized carbons (Fsp3) is 0. The number of hydrogen-bond acceptors (Lipinski definition) is 4. The summed E-state index contributed by atoms with van der Waals surface area (Å²) in [7, 11) is 0. The molecule has 0 fully saturated rings. The van der Waals surface area contributed by atoms with E-state index in [1.165, 1.54) is 6.21 Å². The van der Waals surface area contributed by atoms with Crippen molar-refractivity contribution in [1.29, 1.82) is 0 Å². The van der Waals surface area contributed by atoms with E-state index < -0.39 is 5.97 Å². The Morgan fingerprint density at radius 3 is 2.25 bits per heavy atom. The second-order valence-corrected chi connectivity index (χ2v) is 6.49. The van der Waals surface area contributed by atoms with E-state index in [4.69, 9.17) is 27.9 Å². The lowest BCUT2D eigenvalue weighted by Crippen LogP contribution is -2.17. The van der Waals surface area contributed by atoms with Crippen molar-refractivity contribution in [1.82, 2.24) is 5.43 Å². The van der Waals surface area contributed by atoms with Gasteiger partial charge in [-0.2, -0.15) is 5.10 Å². The van der Waals surface area contributed by atoms with Crippen molar-refractivity contribution in [3.63, 3.8) is 0 Å². The quantitative estimate of drug-likeness (QED) is 0.278. The number of carbonyl (C=O) groups is 2. The molecule has 28 heavy (non-hydrogen) atoms. The van der Waals surface area contributed by atoms with Gasteiger partial charge in [-0.25, -0.2) is 10.2 Å². The van der Waals surface area contributed by atoms with Crippen molar-refractivity contribution in [2.75, 3.05) is 0 Å². The van der Waals surface area contributed by atoms with Crippen LogP contribution in [0.5, 0.6) is 5.75 Å². The highest BCUT2D eigenvalue weighted by Crippen LogP contribution is 2.19. The van der Waals surface area contributed by atoms with Gasteiger partial charge in [-0.05, 0) is 66.2 Å². The van der Waals surface area contributed by atoms with Crippen molar-refractivity contribution in [3.8, 4) is 5.75 Å². The maximum Gasteiger partial charge on any atom is 0.345 e. The molecule has 0 radical (unpaired) electrons. The first kappa shape index (κ1) is 19.6. The average molecular weight is 413 g/mol. The second kappa shape index (κ2) is 9.17. The van der Waals surface area contributed by atoms with Crippen LogP contribution in [-0.4, -0.2) is 18.1 Å². The Balaban J connectivity index is 1.57. The summed E-state index contributed by atoms with van der Waals surface area (Å²) in [5.41, 5.74) is 3.88. The van der Waals surface area contributed by atoms with E-state index in [9.17, 15) is 9.59 Å². The van der Waals surface area contributed by atoms with Crippen LogP contribution < -0.4 is 10.2 Å². The number of carbonyl (C=O) groups excluding carboxylic acids is 2. The Morgan fingerprint density at radius 1 is 0.893 bits per heavy atom. The van der Waals surface area contributed by atoms with Gasteiger partial charge in [0.05, 0.1) is 16.8 Å². The molecule has 1 amide bonds. The summed E-state index contributed by atoms with van der Waals surface area (Å²) in [6, 6.07) is 19.8. The Kier molecular flexibility index (Phi) is 6.42. The smallest absolute Gasteiger partial charge is 0.345 e. The van der Waals surface area contributed by atoms with Gasteiger partial charge in [0.15, 0.2) is 0 Å². The zero-order chi connectivity index (χ0) is 19.9. The van der Waals surface area contributed by atoms with Gasteiger partial charge in [0, 0.05) is 10.6 Å². The Hall–Kier alpha value is -3.15. The maximum absolute atomic E-state index is 12.1. The van der Waals surface area contributed by atoms with Gasteiger partial charge < -0.3 is 4.74 Å². The molecule has 140 valence electrons. The zero-order valence-corrected chi connectivity index (χ0v) is 15.9. The van der Waals surface area contributed by atoms with E-state index in [2.05, 4.69) is 10.5 Å². The summed E-state index contributed by atoms with van der Waals surface area (Å²) >= 11 is 11.8. The van der Waals surface area contributed by atoms with Crippen molar-refractivity contribution < 1.29 is 14.3 Å². The average Bonchev–Trinajstić information content (AvgIpc) is 2.70. The Morgan fingerprint density at radius 2 is 1.57 bits per heavy atom. The molecule has 3 aromatic carbocycles. The molecular formula is C21H14Cl2N2O3. The van der Waals surface area contributed by atoms with E-state index >= 15 is 0 Å². The minimum absolute atomic E-state index is 0.291. The number of rotatable bonds is 5. The van der Waals surface area contributed by atoms with E-state index in [1.807, 2.05) is 0 Å². The molecule has 0 heterocycles. The maximum atomic E-state index is 12.1. The normalized spacial score (nSPS) is 10.6. The number of nitrogens with zero attached hydrogens (tertiary/aromatic N) is 1. The molecular weight excluding hydrogens is 399 g/mol. The first-order valence-corrected chi connectivity index (χ1v) is 8.94. The van der Waals surface area contributed by atoms with Gasteiger partial charge in [0.25, 0.3) is 5.91 Å². The van der Waals surface area contributed by atoms with E-state index in [0.29, 0.717) is 32.5 Å². The number of amides is 1. The molecule has 0 aliphatic rings. The van der Waals surface area contributed by atoms with Crippen LogP contribution in [0, 0.1) is 0 Å². The van der Waals surface area contributed by atoms with E-state index in [0.717, 1.165) is 0 Å². The highest BCUT2D eigenvalue weighted by atomic mass is 35.5. The topological polar surface area (TPSA) is 67.8 Å². The van der Waals surface area contributed by atoms with Crippen molar-refractivity contribution in [2.45, 2.75) is 0 Å². The summed E-state index contributed by atoms with van der Waals surface area (Å²) in [6.07, 6.45) is 1.48. The van der Waals surface area contributed by atoms with Crippen molar-refractivity contribution in [3.05, 3.63) is 99.5 Å². The fourth-order valence-corrected chi connectivity index (χ4v) is 2.58. The molecule has 0 saturated heterocycles. The summed E-state index contributed by atoms with van der Waals surface area (Å²) in [6.45, 7) is 0. The van der Waals surface area contributed by atoms with Crippen LogP contribution in [0.4, 0.5) is 0 Å². The number of hydrazone groups is 1. The number of nitrogens with one attached hydrogen (secondary N) is 1. The third kappa shape index (κ3) is 5.19. The highest BCUT2D eigenvalue weighted by Gasteiger charge is 2.12. The lowest BCUT2D eigenvalue weighted by Gasteiger charge is -2.06. The fourth-order valence-electron chi connectivity index (χ4n) is 2.24. The van der Waals surface area contributed by atoms with Gasteiger partial charge in [0.2, 0.25) is 0 Å². The monoisotopic (exact) mass is 412 g/mol. The standard InChI is InChI=1S/C21H14Cl2N2O3/c22-16-9-7-15(8-10-16)20(26)25-24-13-14-5-11-17(12-6-14)28-21(27)18-3-1-2-4-19(18)23/h1-13H,(H,25,26)/b24-13+. The van der Waals surface area contributed by atoms with Crippen LogP contribution in [0.3, 0.4) is 0 Å². The third-order valence-electron chi connectivity index (χ3n) is 3.67. The first-order chi connectivity index (χ1) is 13.5. The first-order valence-electron chi connectivity index (χ1n) is 8.19. The van der Waals surface area contributed by atoms with Crippen LogP contribution in [0.1, 0.15) is 26.3 Å². The van der Waals surface area contributed by atoms with Crippen LogP contribution in [0.25, 0.3) is 0 Å². The zero-order valence-electron chi connectivity index (χ0n) is 14.4. The molecule has 7 heteroatoms. The SMILES string of the molecule is O=C(N/N=C/c1ccc(OC(=O)c2ccccc2Cl)cc1)c1ccc(Cl)cc1. The van der Waals surface area contributed by atoms with E-state index in [-0.39, 0.29) is 5.91 Å². The lowest BCUT2D eigenvalue weighted by atomic mass is 10.2. The molecule has 3 aromatic rings. The second-order valence-electron chi connectivity index (χ2n) is 5.64. The largest absolute Gasteiger partial charge is 0.423 e. The van der Waals surface area contributed by atoms with Gasteiger partial charge in [-0.3, -0.25) is 4.79 Å². The van der Waals surface area contributed by atoms with Gasteiger partial charge in [-0.1, -0.05) is 35.3 Å². The number of benzene rings is 3. The molecule has 0 aliphatic heterocycles. The number of ether oxygens (including phenoxy) is 1. The minimum atomic E-state index is -0.540. The van der Waals surface area contributed by atoms with Crippen molar-refractivity contribution >= 4 is 41.3 Å². The van der Waals surface area contributed by atoms with Crippen molar-refractivity contribution in [2.24, 2.45) is 5.10 Å². The van der Waals surface area contributed by atoms with E-state index in [1.54, 1.807) is 72.8 Å². The van der Waals surface area contributed by atoms with Gasteiger partial charge >= 0.3 is 5.97 Å². The van der Waals surface area contributed by atoms with Gasteiger partial charge in [0.1, 0.15) is 5.75 Å².